The molecule has 3 saturated heterocycles. The van der Waals surface area contributed by atoms with Gasteiger partial charge in [-0.3, -0.25) is 4.79 Å². The van der Waals surface area contributed by atoms with Gasteiger partial charge in [0, 0.05) is 17.3 Å². The fourth-order valence-electron chi connectivity index (χ4n) is 13.8. The van der Waals surface area contributed by atoms with Crippen molar-refractivity contribution in [1.29, 1.82) is 0 Å². The number of fused-ring (bicyclic) bond motifs is 5. The van der Waals surface area contributed by atoms with Crippen molar-refractivity contribution in [3.63, 3.8) is 0 Å². The maximum atomic E-state index is 14.8. The Morgan fingerprint density at radius 1 is 0.716 bits per heavy atom. The SMILES string of the molecule is C[C@H](CC[C@@H](O[C@@H]1O[C@H](CO[C@@H]2O[C@H](CO)[C@@H](O)[C@H](O)[C@H]2O)[C@@H](O)[C@H](O)[C@H]1O[C@@H]1O[C@H](CO)[C@@H](O)[C@H](O)[C@H]1O)C(C)(C)O)[C@H]1CC[C@@]2(C)[C@@H]3CC=C4[C@@H](CC[C@H](O)C4(C)C)[C@]3(C)C(=O)C[C@]12C. The summed E-state index contributed by atoms with van der Waals surface area (Å²) in [5, 5.41) is 128. The molecule has 0 amide bonds. The topological polar surface area (TPSA) is 315 Å². The maximum Gasteiger partial charge on any atom is 0.187 e. The van der Waals surface area contributed by atoms with Crippen LogP contribution in [0, 0.1) is 45.3 Å². The second-order valence-electron chi connectivity index (χ2n) is 22.9. The summed E-state index contributed by atoms with van der Waals surface area (Å²) >= 11 is 0. The van der Waals surface area contributed by atoms with Crippen LogP contribution in [0.4, 0.5) is 0 Å². The zero-order valence-electron chi connectivity index (χ0n) is 40.2. The van der Waals surface area contributed by atoms with E-state index in [1.807, 2.05) is 0 Å². The molecule has 0 unspecified atom stereocenters. The standard InChI is InChI=1S/C48H80O19/c1-21(22-15-16-46(6)28-12-10-23-24(11-13-29(51)44(23,2)3)48(28,8)30(52)17-47(22,46)7)9-14-31(45(4,5)61)66-43-40(67-42-39(60)36(57)33(54)26(19-50)64-42)37(58)34(55)27(65-43)20-62-41-38(59)35(56)32(53)25(18-49)63-41/h10,21-22,24-29,31-43,49-51,53-61H,9,11-20H2,1-8H3/t21-,22-,24-,25-,26-,27-,28+,29+,31-,32-,33-,34-,35+,36+,37+,38-,39-,40-,41-,42+,43+,46+,47-,48+/m1/s1. The lowest BCUT2D eigenvalue weighted by Crippen LogP contribution is -2.65. The predicted octanol–water partition coefficient (Wildman–Crippen LogP) is -0.848. The lowest BCUT2D eigenvalue weighted by Gasteiger charge is -2.64. The van der Waals surface area contributed by atoms with E-state index < -0.39 is 141 Å². The van der Waals surface area contributed by atoms with Gasteiger partial charge < -0.3 is 89.7 Å². The molecule has 24 atom stereocenters. The van der Waals surface area contributed by atoms with Gasteiger partial charge in [0.05, 0.1) is 37.6 Å². The zero-order chi connectivity index (χ0) is 49.5. The van der Waals surface area contributed by atoms with Crippen LogP contribution in [-0.2, 0) is 33.2 Å². The Kier molecular flexibility index (Phi) is 15.7. The summed E-state index contributed by atoms with van der Waals surface area (Å²) in [7, 11) is 0. The van der Waals surface area contributed by atoms with Gasteiger partial charge in [-0.05, 0) is 93.3 Å². The van der Waals surface area contributed by atoms with Crippen LogP contribution in [0.15, 0.2) is 11.6 Å². The third kappa shape index (κ3) is 9.15. The highest BCUT2D eigenvalue weighted by molar-refractivity contribution is 5.88. The number of ketones is 1. The molecule has 0 aromatic heterocycles. The zero-order valence-corrected chi connectivity index (χ0v) is 40.2. The van der Waals surface area contributed by atoms with Crippen LogP contribution in [0.5, 0.6) is 0 Å². The number of Topliss-reactive ketones (excluding diaryl/α,β-unsaturated/α-hetero) is 1. The number of hydrogen-bond acceptors (Lipinski definition) is 19. The number of aliphatic hydroxyl groups is 12. The third-order valence-corrected chi connectivity index (χ3v) is 18.4. The highest BCUT2D eigenvalue weighted by atomic mass is 16.8. The molecule has 4 aliphatic carbocycles. The molecule has 3 saturated carbocycles. The minimum Gasteiger partial charge on any atom is -0.394 e. The molecule has 386 valence electrons. The van der Waals surface area contributed by atoms with Crippen molar-refractivity contribution in [3.05, 3.63) is 11.6 Å². The van der Waals surface area contributed by atoms with Gasteiger partial charge in [0.1, 0.15) is 79.0 Å². The fraction of sp³-hybridized carbons (Fsp3) is 0.938. The van der Waals surface area contributed by atoms with Crippen molar-refractivity contribution in [2.45, 2.75) is 217 Å². The fourth-order valence-corrected chi connectivity index (χ4v) is 13.8. The molecule has 67 heavy (non-hydrogen) atoms. The number of ether oxygens (including phenoxy) is 6. The molecular weight excluding hydrogens is 881 g/mol. The van der Waals surface area contributed by atoms with Gasteiger partial charge in [-0.15, -0.1) is 0 Å². The molecule has 0 spiro atoms. The number of hydrogen-bond donors (Lipinski definition) is 12. The van der Waals surface area contributed by atoms with Gasteiger partial charge >= 0.3 is 0 Å². The third-order valence-electron chi connectivity index (χ3n) is 18.4. The summed E-state index contributed by atoms with van der Waals surface area (Å²) < 4.78 is 35.4. The smallest absolute Gasteiger partial charge is 0.187 e. The van der Waals surface area contributed by atoms with Crippen LogP contribution < -0.4 is 0 Å². The molecule has 7 aliphatic rings. The lowest BCUT2D eigenvalue weighted by molar-refractivity contribution is -0.380. The molecule has 7 rings (SSSR count). The van der Waals surface area contributed by atoms with E-state index in [9.17, 15) is 66.1 Å². The molecule has 0 radical (unpaired) electrons. The highest BCUT2D eigenvalue weighted by Gasteiger charge is 2.70. The van der Waals surface area contributed by atoms with Crippen LogP contribution in [0.25, 0.3) is 0 Å². The number of rotatable bonds is 14. The molecule has 0 aromatic rings. The van der Waals surface area contributed by atoms with Crippen LogP contribution in [0.2, 0.25) is 0 Å². The number of aliphatic hydroxyl groups excluding tert-OH is 11. The molecule has 0 bridgehead atoms. The monoisotopic (exact) mass is 961 g/mol. The van der Waals surface area contributed by atoms with E-state index in [0.29, 0.717) is 19.3 Å². The van der Waals surface area contributed by atoms with Gasteiger partial charge in [-0.25, -0.2) is 0 Å². The largest absolute Gasteiger partial charge is 0.394 e. The number of carbonyl (C=O) groups is 1. The van der Waals surface area contributed by atoms with Gasteiger partial charge in [-0.1, -0.05) is 53.2 Å². The molecule has 19 heteroatoms. The van der Waals surface area contributed by atoms with E-state index >= 15 is 0 Å². The maximum absolute atomic E-state index is 14.8. The summed E-state index contributed by atoms with van der Waals surface area (Å²) in [6.45, 7) is 14.1. The summed E-state index contributed by atoms with van der Waals surface area (Å²) in [4.78, 5) is 14.8. The molecule has 19 nitrogen and oxygen atoms in total. The van der Waals surface area contributed by atoms with E-state index in [2.05, 4.69) is 47.6 Å². The molecule has 3 heterocycles. The average Bonchev–Trinajstić information content (AvgIpc) is 3.54. The lowest BCUT2D eigenvalue weighted by atomic mass is 9.38. The molecule has 12 N–H and O–H groups in total. The summed E-state index contributed by atoms with van der Waals surface area (Å²) in [5.74, 6) is 0.657. The first-order valence-corrected chi connectivity index (χ1v) is 24.4. The molecule has 3 aliphatic heterocycles. The second-order valence-corrected chi connectivity index (χ2v) is 22.9. The Labute approximate surface area is 393 Å². The van der Waals surface area contributed by atoms with E-state index in [1.54, 1.807) is 0 Å². The van der Waals surface area contributed by atoms with Crippen molar-refractivity contribution in [1.82, 2.24) is 0 Å². The number of allylic oxidation sites excluding steroid dienone is 1. The van der Waals surface area contributed by atoms with Crippen molar-refractivity contribution in [2.75, 3.05) is 19.8 Å². The van der Waals surface area contributed by atoms with E-state index in [4.69, 9.17) is 28.4 Å². The van der Waals surface area contributed by atoms with Gasteiger partial charge in [0.15, 0.2) is 18.9 Å². The molecular formula is C48H80O19. The predicted molar refractivity (Wildman–Crippen MR) is 234 cm³/mol. The normalized spacial score (nSPS) is 49.9. The quantitative estimate of drug-likeness (QED) is 0.0944. The first-order valence-electron chi connectivity index (χ1n) is 24.4. The number of carbonyl (C=O) groups excluding carboxylic acids is 1. The van der Waals surface area contributed by atoms with E-state index in [0.717, 1.165) is 25.7 Å². The Balaban J connectivity index is 1.10. The van der Waals surface area contributed by atoms with Crippen LogP contribution in [0.3, 0.4) is 0 Å². The second kappa shape index (κ2) is 19.6. The van der Waals surface area contributed by atoms with Crippen LogP contribution >= 0.6 is 0 Å². The summed E-state index contributed by atoms with van der Waals surface area (Å²) in [6.07, 6.45) is -19.3. The summed E-state index contributed by atoms with van der Waals surface area (Å²) in [6, 6.07) is 0. The minimum atomic E-state index is -1.91. The first-order chi connectivity index (χ1) is 31.2. The Morgan fingerprint density at radius 3 is 1.88 bits per heavy atom. The van der Waals surface area contributed by atoms with Crippen molar-refractivity contribution < 1.29 is 94.5 Å². The van der Waals surface area contributed by atoms with Crippen LogP contribution in [-0.4, -0.2) is 197 Å². The van der Waals surface area contributed by atoms with E-state index in [1.165, 1.54) is 19.4 Å². The Morgan fingerprint density at radius 2 is 1.28 bits per heavy atom. The first kappa shape index (κ1) is 53.5. The minimum absolute atomic E-state index is 0.0384. The Hall–Kier alpha value is -1.31. The molecule has 6 fully saturated rings. The molecule has 0 aromatic carbocycles. The van der Waals surface area contributed by atoms with Gasteiger partial charge in [0.25, 0.3) is 0 Å². The van der Waals surface area contributed by atoms with Gasteiger partial charge in [-0.2, -0.15) is 0 Å². The van der Waals surface area contributed by atoms with Gasteiger partial charge in [0.2, 0.25) is 0 Å². The van der Waals surface area contributed by atoms with Crippen molar-refractivity contribution in [3.8, 4) is 0 Å². The van der Waals surface area contributed by atoms with Crippen LogP contribution in [0.1, 0.15) is 107 Å². The van der Waals surface area contributed by atoms with Crippen molar-refractivity contribution >= 4 is 5.78 Å². The van der Waals surface area contributed by atoms with E-state index in [-0.39, 0.29) is 46.7 Å². The Bertz CT molecular complexity index is 1750. The average molecular weight is 961 g/mol. The van der Waals surface area contributed by atoms with Crippen molar-refractivity contribution in [2.24, 2.45) is 45.3 Å². The highest BCUT2D eigenvalue weighted by Crippen LogP contribution is 2.74. The summed E-state index contributed by atoms with van der Waals surface area (Å²) in [5.41, 5.74) is -1.79.